The van der Waals surface area contributed by atoms with Crippen molar-refractivity contribution in [3.8, 4) is 5.75 Å². The van der Waals surface area contributed by atoms with Gasteiger partial charge in [-0.15, -0.1) is 0 Å². The van der Waals surface area contributed by atoms with Crippen LogP contribution in [0.5, 0.6) is 5.75 Å². The van der Waals surface area contributed by atoms with Crippen LogP contribution in [-0.4, -0.2) is 13.1 Å². The van der Waals surface area contributed by atoms with E-state index in [1.807, 2.05) is 43.3 Å². The Bertz CT molecular complexity index is 629. The Labute approximate surface area is 135 Å². The molecule has 116 valence electrons. The van der Waals surface area contributed by atoms with E-state index in [0.29, 0.717) is 16.5 Å². The predicted octanol–water partition coefficient (Wildman–Crippen LogP) is 4.62. The minimum atomic E-state index is -0.272. The molecule has 0 unspecified atom stereocenters. The van der Waals surface area contributed by atoms with Crippen LogP contribution in [0.3, 0.4) is 0 Å². The molecule has 2 N–H and O–H groups in total. The Morgan fingerprint density at radius 2 is 1.86 bits per heavy atom. The number of para-hydroxylation sites is 2. The number of urea groups is 1. The lowest BCUT2D eigenvalue weighted by Crippen LogP contribution is -2.32. The molecule has 2 aromatic carbocycles. The summed E-state index contributed by atoms with van der Waals surface area (Å²) in [4.78, 5) is 12.2. The molecule has 0 fully saturated rings. The van der Waals surface area contributed by atoms with Crippen molar-refractivity contribution in [1.82, 2.24) is 5.32 Å². The molecule has 0 heterocycles. The Kier molecular flexibility index (Phi) is 5.67. The van der Waals surface area contributed by atoms with Crippen LogP contribution in [0, 0.1) is 0 Å². The number of anilines is 1. The standard InChI is InChI=1S/C17H19ClN2O2/c1-3-14(12-8-10-13(18)11-9-12)19-17(21)20-15-6-4-5-7-16(15)22-2/h4-11,14H,3H2,1-2H3,(H2,19,20,21)/t14-/m0/s1. The number of nitrogens with one attached hydrogen (secondary N) is 2. The fraction of sp³-hybridized carbons (Fsp3) is 0.235. The van der Waals surface area contributed by atoms with Gasteiger partial charge in [-0.05, 0) is 36.2 Å². The van der Waals surface area contributed by atoms with E-state index in [4.69, 9.17) is 16.3 Å². The van der Waals surface area contributed by atoms with Crippen molar-refractivity contribution < 1.29 is 9.53 Å². The highest BCUT2D eigenvalue weighted by Gasteiger charge is 2.13. The normalized spacial score (nSPS) is 11.6. The molecular formula is C17H19ClN2O2. The number of ether oxygens (including phenoxy) is 1. The fourth-order valence-electron chi connectivity index (χ4n) is 2.18. The molecule has 2 amide bonds. The molecule has 2 rings (SSSR count). The summed E-state index contributed by atoms with van der Waals surface area (Å²) in [6.45, 7) is 2.02. The van der Waals surface area contributed by atoms with Gasteiger partial charge in [0, 0.05) is 5.02 Å². The Morgan fingerprint density at radius 3 is 2.50 bits per heavy atom. The van der Waals surface area contributed by atoms with Crippen molar-refractivity contribution in [3.63, 3.8) is 0 Å². The highest BCUT2D eigenvalue weighted by molar-refractivity contribution is 6.30. The second-order valence-corrected chi connectivity index (χ2v) is 5.25. The summed E-state index contributed by atoms with van der Waals surface area (Å²) in [6.07, 6.45) is 0.779. The number of amides is 2. The second-order valence-electron chi connectivity index (χ2n) is 4.81. The fourth-order valence-corrected chi connectivity index (χ4v) is 2.31. The first-order valence-electron chi connectivity index (χ1n) is 7.10. The minimum absolute atomic E-state index is 0.0769. The average Bonchev–Trinajstić information content (AvgIpc) is 2.54. The zero-order valence-electron chi connectivity index (χ0n) is 12.6. The highest BCUT2D eigenvalue weighted by atomic mass is 35.5. The van der Waals surface area contributed by atoms with Gasteiger partial charge in [0.25, 0.3) is 0 Å². The van der Waals surface area contributed by atoms with Crippen molar-refractivity contribution in [2.45, 2.75) is 19.4 Å². The van der Waals surface area contributed by atoms with E-state index < -0.39 is 0 Å². The maximum atomic E-state index is 12.2. The quantitative estimate of drug-likeness (QED) is 0.845. The molecule has 22 heavy (non-hydrogen) atoms. The Balaban J connectivity index is 2.05. The first-order valence-corrected chi connectivity index (χ1v) is 7.47. The van der Waals surface area contributed by atoms with E-state index in [0.717, 1.165) is 12.0 Å². The van der Waals surface area contributed by atoms with Crippen molar-refractivity contribution in [1.29, 1.82) is 0 Å². The second kappa shape index (κ2) is 7.71. The van der Waals surface area contributed by atoms with E-state index in [2.05, 4.69) is 10.6 Å². The molecule has 0 aromatic heterocycles. The van der Waals surface area contributed by atoms with Gasteiger partial charge in [-0.1, -0.05) is 42.8 Å². The van der Waals surface area contributed by atoms with Crippen LogP contribution in [-0.2, 0) is 0 Å². The van der Waals surface area contributed by atoms with Gasteiger partial charge in [-0.2, -0.15) is 0 Å². The summed E-state index contributed by atoms with van der Waals surface area (Å²) in [6, 6.07) is 14.4. The van der Waals surface area contributed by atoms with Crippen LogP contribution in [0.15, 0.2) is 48.5 Å². The summed E-state index contributed by atoms with van der Waals surface area (Å²) in [5.74, 6) is 0.622. The SMILES string of the molecule is CC[C@H](NC(=O)Nc1ccccc1OC)c1ccc(Cl)cc1. The maximum absolute atomic E-state index is 12.2. The van der Waals surface area contributed by atoms with Crippen LogP contribution in [0.4, 0.5) is 10.5 Å². The first kappa shape index (κ1) is 16.2. The molecule has 0 aliphatic heterocycles. The Morgan fingerprint density at radius 1 is 1.18 bits per heavy atom. The maximum Gasteiger partial charge on any atom is 0.319 e. The van der Waals surface area contributed by atoms with Crippen molar-refractivity contribution in [2.75, 3.05) is 12.4 Å². The van der Waals surface area contributed by atoms with E-state index in [9.17, 15) is 4.79 Å². The van der Waals surface area contributed by atoms with Crippen LogP contribution in [0.2, 0.25) is 5.02 Å². The molecule has 4 nitrogen and oxygen atoms in total. The molecule has 5 heteroatoms. The van der Waals surface area contributed by atoms with Crippen molar-refractivity contribution in [3.05, 3.63) is 59.1 Å². The van der Waals surface area contributed by atoms with Gasteiger partial charge in [0.1, 0.15) is 5.75 Å². The van der Waals surface area contributed by atoms with Crippen molar-refractivity contribution in [2.24, 2.45) is 0 Å². The molecule has 1 atom stereocenters. The largest absolute Gasteiger partial charge is 0.495 e. The molecule has 2 aromatic rings. The predicted molar refractivity (Wildman–Crippen MR) is 89.6 cm³/mol. The monoisotopic (exact) mass is 318 g/mol. The molecular weight excluding hydrogens is 300 g/mol. The third-order valence-electron chi connectivity index (χ3n) is 3.34. The summed E-state index contributed by atoms with van der Waals surface area (Å²) in [5, 5.41) is 6.44. The summed E-state index contributed by atoms with van der Waals surface area (Å²) in [5.41, 5.74) is 1.65. The van der Waals surface area contributed by atoms with E-state index >= 15 is 0 Å². The third-order valence-corrected chi connectivity index (χ3v) is 3.59. The number of carbonyl (C=O) groups is 1. The van der Waals surface area contributed by atoms with E-state index in [1.165, 1.54) is 0 Å². The first-order chi connectivity index (χ1) is 10.6. The molecule has 0 radical (unpaired) electrons. The van der Waals surface area contributed by atoms with Gasteiger partial charge >= 0.3 is 6.03 Å². The summed E-state index contributed by atoms with van der Waals surface area (Å²) in [7, 11) is 1.57. The molecule has 0 bridgehead atoms. The number of hydrogen-bond acceptors (Lipinski definition) is 2. The highest BCUT2D eigenvalue weighted by Crippen LogP contribution is 2.24. The lowest BCUT2D eigenvalue weighted by atomic mass is 10.1. The third kappa shape index (κ3) is 4.15. The summed E-state index contributed by atoms with van der Waals surface area (Å²) < 4.78 is 5.22. The molecule has 0 aliphatic carbocycles. The number of hydrogen-bond donors (Lipinski definition) is 2. The van der Waals surface area contributed by atoms with Crippen LogP contribution in [0.1, 0.15) is 24.9 Å². The lowest BCUT2D eigenvalue weighted by Gasteiger charge is -2.18. The van der Waals surface area contributed by atoms with Crippen LogP contribution >= 0.6 is 11.6 Å². The molecule has 0 saturated heterocycles. The van der Waals surface area contributed by atoms with E-state index in [1.54, 1.807) is 19.2 Å². The molecule has 0 spiro atoms. The summed E-state index contributed by atoms with van der Waals surface area (Å²) >= 11 is 5.89. The molecule has 0 aliphatic rings. The van der Waals surface area contributed by atoms with E-state index in [-0.39, 0.29) is 12.1 Å². The average molecular weight is 319 g/mol. The zero-order valence-corrected chi connectivity index (χ0v) is 13.4. The van der Waals surface area contributed by atoms with Gasteiger partial charge in [-0.3, -0.25) is 0 Å². The lowest BCUT2D eigenvalue weighted by molar-refractivity contribution is 0.248. The number of methoxy groups -OCH3 is 1. The topological polar surface area (TPSA) is 50.4 Å². The Hall–Kier alpha value is -2.20. The van der Waals surface area contributed by atoms with Crippen molar-refractivity contribution >= 4 is 23.3 Å². The minimum Gasteiger partial charge on any atom is -0.495 e. The van der Waals surface area contributed by atoms with Gasteiger partial charge in [0.2, 0.25) is 0 Å². The van der Waals surface area contributed by atoms with Gasteiger partial charge < -0.3 is 15.4 Å². The molecule has 0 saturated carbocycles. The smallest absolute Gasteiger partial charge is 0.319 e. The number of rotatable bonds is 5. The van der Waals surface area contributed by atoms with Gasteiger partial charge in [0.05, 0.1) is 18.8 Å². The zero-order chi connectivity index (χ0) is 15.9. The number of benzene rings is 2. The van der Waals surface area contributed by atoms with Crippen LogP contribution < -0.4 is 15.4 Å². The van der Waals surface area contributed by atoms with Crippen LogP contribution in [0.25, 0.3) is 0 Å². The number of halogens is 1. The van der Waals surface area contributed by atoms with Gasteiger partial charge in [-0.25, -0.2) is 4.79 Å². The van der Waals surface area contributed by atoms with Gasteiger partial charge in [0.15, 0.2) is 0 Å². The number of carbonyl (C=O) groups excluding carboxylic acids is 1.